The van der Waals surface area contributed by atoms with Crippen LogP contribution in [0.25, 0.3) is 0 Å². The van der Waals surface area contributed by atoms with E-state index in [9.17, 15) is 24.9 Å². The molecule has 0 saturated heterocycles. The number of carboxylic acids is 2. The first-order valence-corrected chi connectivity index (χ1v) is 13.9. The molecule has 1 N–H and O–H groups in total. The van der Waals surface area contributed by atoms with E-state index in [1.165, 1.54) is 0 Å². The van der Waals surface area contributed by atoms with Gasteiger partial charge in [0.1, 0.15) is 5.75 Å². The highest BCUT2D eigenvalue weighted by Gasteiger charge is 2.32. The van der Waals surface area contributed by atoms with Crippen LogP contribution in [0.2, 0.25) is 0 Å². The molecule has 0 aromatic heterocycles. The number of benzene rings is 2. The fraction of sp³-hybridized carbons (Fsp3) is 0.588. The summed E-state index contributed by atoms with van der Waals surface area (Å²) in [6.45, 7) is 24.8. The van der Waals surface area contributed by atoms with Crippen molar-refractivity contribution >= 4 is 11.9 Å². The number of hydrogen-bond acceptors (Lipinski definition) is 5. The molecule has 0 spiro atoms. The third-order valence-corrected chi connectivity index (χ3v) is 7.32. The van der Waals surface area contributed by atoms with Gasteiger partial charge in [-0.2, -0.15) is 0 Å². The Morgan fingerprint density at radius 1 is 0.667 bits per heavy atom. The van der Waals surface area contributed by atoms with Crippen LogP contribution in [0.1, 0.15) is 141 Å². The average Bonchev–Trinajstić information content (AvgIpc) is 2.71. The molecule has 0 radical (unpaired) electrons. The molecule has 0 fully saturated rings. The number of hydrogen-bond donors (Lipinski definition) is 1. The van der Waals surface area contributed by atoms with Crippen LogP contribution in [-0.2, 0) is 37.7 Å². The Morgan fingerprint density at radius 2 is 1.00 bits per heavy atom. The van der Waals surface area contributed by atoms with Gasteiger partial charge in [0.05, 0.1) is 0 Å². The maximum atomic E-state index is 12.4. The van der Waals surface area contributed by atoms with Crippen molar-refractivity contribution in [2.75, 3.05) is 0 Å². The zero-order valence-corrected chi connectivity index (χ0v) is 26.1. The first-order chi connectivity index (χ1) is 17.4. The van der Waals surface area contributed by atoms with Gasteiger partial charge in [-0.1, -0.05) is 107 Å². The Kier molecular flexibility index (Phi) is 9.12. The zero-order chi connectivity index (χ0) is 30.3. The van der Waals surface area contributed by atoms with Gasteiger partial charge < -0.3 is 24.9 Å². The Balaban J connectivity index is 2.88. The second-order valence-electron chi connectivity index (χ2n) is 15.1. The normalized spacial score (nSPS) is 13.8. The summed E-state index contributed by atoms with van der Waals surface area (Å²) in [5, 5.41) is 34.8. The van der Waals surface area contributed by atoms with Crippen LogP contribution < -0.4 is 10.2 Å². The maximum Gasteiger partial charge on any atom is 0.123 e. The van der Waals surface area contributed by atoms with E-state index < -0.39 is 28.7 Å². The molecule has 2 aromatic rings. The van der Waals surface area contributed by atoms with E-state index in [1.54, 1.807) is 0 Å². The fourth-order valence-corrected chi connectivity index (χ4v) is 5.25. The molecule has 2 rings (SSSR count). The fourth-order valence-electron chi connectivity index (χ4n) is 5.25. The molecule has 216 valence electrons. The van der Waals surface area contributed by atoms with Crippen LogP contribution in [0.15, 0.2) is 24.3 Å². The van der Waals surface area contributed by atoms with Crippen molar-refractivity contribution in [3.8, 4) is 5.75 Å². The molecular weight excluding hydrogens is 488 g/mol. The van der Waals surface area contributed by atoms with Crippen LogP contribution in [-0.4, -0.2) is 17.0 Å². The van der Waals surface area contributed by atoms with E-state index in [-0.39, 0.29) is 23.7 Å². The minimum atomic E-state index is -1.27. The quantitative estimate of drug-likeness (QED) is 0.501. The summed E-state index contributed by atoms with van der Waals surface area (Å²) in [6, 6.07) is 8.30. The van der Waals surface area contributed by atoms with Crippen LogP contribution in [0.5, 0.6) is 5.75 Å². The highest BCUT2D eigenvalue weighted by Crippen LogP contribution is 2.43. The Bertz CT molecular complexity index is 1150. The van der Waals surface area contributed by atoms with Gasteiger partial charge in [0.15, 0.2) is 0 Å². The Morgan fingerprint density at radius 3 is 1.28 bits per heavy atom. The molecule has 39 heavy (non-hydrogen) atoms. The molecule has 0 saturated carbocycles. The average molecular weight is 537 g/mol. The van der Waals surface area contributed by atoms with Crippen molar-refractivity contribution in [3.63, 3.8) is 0 Å². The lowest BCUT2D eigenvalue weighted by Gasteiger charge is -2.35. The molecule has 0 aliphatic heterocycles. The van der Waals surface area contributed by atoms with Crippen molar-refractivity contribution in [1.29, 1.82) is 0 Å². The third-order valence-electron chi connectivity index (χ3n) is 7.32. The lowest BCUT2D eigenvalue weighted by atomic mass is 9.70. The lowest BCUT2D eigenvalue weighted by Crippen LogP contribution is -2.35. The molecular formula is C34H48O5-2. The molecule has 5 heteroatoms. The lowest BCUT2D eigenvalue weighted by molar-refractivity contribution is -0.309. The summed E-state index contributed by atoms with van der Waals surface area (Å²) in [5.74, 6) is -3.27. The molecule has 1 atom stereocenters. The second kappa shape index (κ2) is 11.0. The van der Waals surface area contributed by atoms with Crippen molar-refractivity contribution in [3.05, 3.63) is 63.2 Å². The Labute approximate surface area is 235 Å². The highest BCUT2D eigenvalue weighted by molar-refractivity contribution is 5.77. The van der Waals surface area contributed by atoms with Crippen molar-refractivity contribution in [1.82, 2.24) is 0 Å². The molecule has 0 amide bonds. The highest BCUT2D eigenvalue weighted by atomic mass is 16.4. The van der Waals surface area contributed by atoms with Gasteiger partial charge in [-0.3, -0.25) is 0 Å². The number of phenols is 1. The van der Waals surface area contributed by atoms with E-state index in [0.29, 0.717) is 17.7 Å². The summed E-state index contributed by atoms with van der Waals surface area (Å²) in [4.78, 5) is 23.6. The van der Waals surface area contributed by atoms with Crippen LogP contribution in [0.4, 0.5) is 0 Å². The van der Waals surface area contributed by atoms with Gasteiger partial charge in [0, 0.05) is 17.9 Å². The summed E-state index contributed by atoms with van der Waals surface area (Å²) in [7, 11) is 0. The van der Waals surface area contributed by atoms with Crippen molar-refractivity contribution in [2.45, 2.75) is 130 Å². The number of rotatable bonds is 7. The smallest absolute Gasteiger partial charge is 0.123 e. The maximum absolute atomic E-state index is 12.4. The molecule has 5 nitrogen and oxygen atoms in total. The topological polar surface area (TPSA) is 100 Å². The molecule has 0 aliphatic rings. The van der Waals surface area contributed by atoms with Gasteiger partial charge in [0.25, 0.3) is 0 Å². The number of carbonyl (C=O) groups is 2. The van der Waals surface area contributed by atoms with Crippen LogP contribution >= 0.6 is 0 Å². The van der Waals surface area contributed by atoms with Crippen molar-refractivity contribution < 1.29 is 24.9 Å². The van der Waals surface area contributed by atoms with Gasteiger partial charge in [-0.05, 0) is 79.9 Å². The first-order valence-electron chi connectivity index (χ1n) is 13.9. The molecule has 0 heterocycles. The number of carboxylic acid groups (broad SMARTS) is 2. The van der Waals surface area contributed by atoms with Gasteiger partial charge in [-0.25, -0.2) is 0 Å². The number of carbonyl (C=O) groups excluding carboxylic acids is 2. The SMILES string of the molecule is CC(C)(C)c1cc(Cc2cc(C(C)(C)C)c(C(CCC(=O)[O-])C(=O)[O-])c(C(C)(C)C)c2)cc(C(C)(C)C)c1O. The number of aliphatic carboxylic acids is 2. The number of phenolic OH excluding ortho intramolecular Hbond substituents is 1. The van der Waals surface area contributed by atoms with E-state index in [0.717, 1.165) is 33.4 Å². The minimum Gasteiger partial charge on any atom is -0.550 e. The largest absolute Gasteiger partial charge is 0.550 e. The van der Waals surface area contributed by atoms with Crippen molar-refractivity contribution in [2.24, 2.45) is 0 Å². The van der Waals surface area contributed by atoms with Gasteiger partial charge in [-0.15, -0.1) is 0 Å². The van der Waals surface area contributed by atoms with Crippen LogP contribution in [0.3, 0.4) is 0 Å². The second-order valence-corrected chi connectivity index (χ2v) is 15.1. The Hall–Kier alpha value is -2.82. The van der Waals surface area contributed by atoms with Gasteiger partial charge >= 0.3 is 0 Å². The van der Waals surface area contributed by atoms with E-state index in [1.807, 2.05) is 41.5 Å². The van der Waals surface area contributed by atoms with E-state index in [2.05, 4.69) is 65.8 Å². The van der Waals surface area contributed by atoms with Gasteiger partial charge in [0.2, 0.25) is 0 Å². The zero-order valence-electron chi connectivity index (χ0n) is 26.1. The summed E-state index contributed by atoms with van der Waals surface area (Å²) < 4.78 is 0. The monoisotopic (exact) mass is 536 g/mol. The standard InChI is InChI=1S/C34H50O5/c1-31(2,3)23-16-20(15-21-18-25(33(7,8)9)29(37)26(19-21)34(10,11)12)17-24(32(4,5)6)28(23)22(30(38)39)13-14-27(35)36/h16-19,22,37H,13-15H2,1-12H3,(H,35,36)(H,38,39)/p-2. The number of aromatic hydroxyl groups is 1. The van der Waals surface area contributed by atoms with E-state index in [4.69, 9.17) is 0 Å². The third kappa shape index (κ3) is 7.86. The summed E-state index contributed by atoms with van der Waals surface area (Å²) >= 11 is 0. The molecule has 0 aliphatic carbocycles. The predicted octanol–water partition coefficient (Wildman–Crippen LogP) is 5.54. The van der Waals surface area contributed by atoms with Crippen LogP contribution in [0, 0.1) is 0 Å². The summed E-state index contributed by atoms with van der Waals surface area (Å²) in [6.07, 6.45) is 0.165. The molecule has 1 unspecified atom stereocenters. The first kappa shape index (κ1) is 32.4. The molecule has 0 bridgehead atoms. The minimum absolute atomic E-state index is 0.0853. The summed E-state index contributed by atoms with van der Waals surface area (Å²) in [5.41, 5.74) is 5.00. The van der Waals surface area contributed by atoms with E-state index >= 15 is 0 Å². The molecule has 2 aromatic carbocycles. The predicted molar refractivity (Wildman–Crippen MR) is 154 cm³/mol.